The topological polar surface area (TPSA) is 0 Å². The molecule has 0 aliphatic carbocycles. The van der Waals surface area contributed by atoms with E-state index in [4.69, 9.17) is 0 Å². The molecule has 0 aliphatic heterocycles. The SMILES string of the molecule is C=CC(C)(C)CC=C(C)C. The van der Waals surface area contributed by atoms with Gasteiger partial charge in [-0.05, 0) is 25.7 Å². The molecular weight excluding hydrogens is 120 g/mol. The van der Waals surface area contributed by atoms with E-state index in [0.29, 0.717) is 0 Å². The summed E-state index contributed by atoms with van der Waals surface area (Å²) in [6.45, 7) is 12.4. The summed E-state index contributed by atoms with van der Waals surface area (Å²) in [5, 5.41) is 0. The summed E-state index contributed by atoms with van der Waals surface area (Å²) in [5.41, 5.74) is 1.65. The van der Waals surface area contributed by atoms with Crippen molar-refractivity contribution in [1.29, 1.82) is 0 Å². The van der Waals surface area contributed by atoms with Gasteiger partial charge in [-0.15, -0.1) is 6.58 Å². The van der Waals surface area contributed by atoms with E-state index in [0.717, 1.165) is 6.42 Å². The van der Waals surface area contributed by atoms with Crippen molar-refractivity contribution in [3.63, 3.8) is 0 Å². The van der Waals surface area contributed by atoms with Gasteiger partial charge in [-0.2, -0.15) is 0 Å². The summed E-state index contributed by atoms with van der Waals surface area (Å²) in [5.74, 6) is 0. The van der Waals surface area contributed by atoms with Crippen LogP contribution in [0.25, 0.3) is 0 Å². The molecule has 0 aromatic rings. The van der Waals surface area contributed by atoms with Crippen LogP contribution < -0.4 is 0 Å². The maximum atomic E-state index is 3.78. The monoisotopic (exact) mass is 138 g/mol. The van der Waals surface area contributed by atoms with Gasteiger partial charge in [0, 0.05) is 0 Å². The maximum absolute atomic E-state index is 3.78. The quantitative estimate of drug-likeness (QED) is 0.523. The van der Waals surface area contributed by atoms with Crippen molar-refractivity contribution in [3.05, 3.63) is 24.3 Å². The van der Waals surface area contributed by atoms with Crippen molar-refractivity contribution >= 4 is 0 Å². The van der Waals surface area contributed by atoms with E-state index >= 15 is 0 Å². The predicted octanol–water partition coefficient (Wildman–Crippen LogP) is 3.55. The van der Waals surface area contributed by atoms with Crippen LogP contribution in [0.1, 0.15) is 34.1 Å². The fourth-order valence-electron chi connectivity index (χ4n) is 0.551. The van der Waals surface area contributed by atoms with Crippen LogP contribution in [0.4, 0.5) is 0 Å². The third-order valence-corrected chi connectivity index (χ3v) is 1.59. The van der Waals surface area contributed by atoms with Gasteiger partial charge in [0.05, 0.1) is 0 Å². The molecule has 0 saturated heterocycles. The molecule has 58 valence electrons. The largest absolute Gasteiger partial charge is 0.103 e. The number of hydrogen-bond donors (Lipinski definition) is 0. The lowest BCUT2D eigenvalue weighted by atomic mass is 9.89. The average Bonchev–Trinajstić information content (AvgIpc) is 1.85. The third kappa shape index (κ3) is 4.37. The summed E-state index contributed by atoms with van der Waals surface area (Å²) in [6.07, 6.45) is 5.35. The third-order valence-electron chi connectivity index (χ3n) is 1.59. The minimum Gasteiger partial charge on any atom is -0.103 e. The number of allylic oxidation sites excluding steroid dienone is 3. The lowest BCUT2D eigenvalue weighted by molar-refractivity contribution is 0.489. The first kappa shape index (κ1) is 9.48. The van der Waals surface area contributed by atoms with E-state index in [9.17, 15) is 0 Å². The van der Waals surface area contributed by atoms with Crippen LogP contribution in [0.5, 0.6) is 0 Å². The molecule has 0 aromatic heterocycles. The highest BCUT2D eigenvalue weighted by Gasteiger charge is 2.09. The highest BCUT2D eigenvalue weighted by atomic mass is 14.1. The Morgan fingerprint density at radius 2 is 1.90 bits per heavy atom. The summed E-state index contributed by atoms with van der Waals surface area (Å²) < 4.78 is 0. The molecule has 0 fully saturated rings. The Balaban J connectivity index is 3.90. The normalized spacial score (nSPS) is 10.8. The molecular formula is C10H18. The van der Waals surface area contributed by atoms with Crippen molar-refractivity contribution in [2.75, 3.05) is 0 Å². The van der Waals surface area contributed by atoms with Gasteiger partial charge in [-0.1, -0.05) is 31.6 Å². The minimum absolute atomic E-state index is 0.261. The van der Waals surface area contributed by atoms with Crippen molar-refractivity contribution in [2.45, 2.75) is 34.1 Å². The molecule has 10 heavy (non-hydrogen) atoms. The molecule has 0 rings (SSSR count). The molecule has 0 heterocycles. The van der Waals surface area contributed by atoms with E-state index in [1.807, 2.05) is 6.08 Å². The second-order valence-corrected chi connectivity index (χ2v) is 3.68. The lowest BCUT2D eigenvalue weighted by Gasteiger charge is -2.16. The van der Waals surface area contributed by atoms with Crippen LogP contribution in [-0.4, -0.2) is 0 Å². The highest BCUT2D eigenvalue weighted by molar-refractivity contribution is 5.00. The first-order valence-corrected chi connectivity index (χ1v) is 3.75. The highest BCUT2D eigenvalue weighted by Crippen LogP contribution is 2.22. The van der Waals surface area contributed by atoms with Crippen LogP contribution in [-0.2, 0) is 0 Å². The lowest BCUT2D eigenvalue weighted by Crippen LogP contribution is -2.04. The van der Waals surface area contributed by atoms with Crippen molar-refractivity contribution in [2.24, 2.45) is 5.41 Å². The van der Waals surface area contributed by atoms with Crippen molar-refractivity contribution in [3.8, 4) is 0 Å². The van der Waals surface area contributed by atoms with Crippen LogP contribution in [0.2, 0.25) is 0 Å². The predicted molar refractivity (Wildman–Crippen MR) is 48.0 cm³/mol. The summed E-state index contributed by atoms with van der Waals surface area (Å²) >= 11 is 0. The Morgan fingerprint density at radius 3 is 2.20 bits per heavy atom. The zero-order valence-electron chi connectivity index (χ0n) is 7.57. The van der Waals surface area contributed by atoms with Gasteiger partial charge in [0.1, 0.15) is 0 Å². The van der Waals surface area contributed by atoms with Crippen LogP contribution >= 0.6 is 0 Å². The molecule has 0 amide bonds. The minimum atomic E-state index is 0.261. The van der Waals surface area contributed by atoms with Crippen LogP contribution in [0, 0.1) is 5.41 Å². The Morgan fingerprint density at radius 1 is 1.40 bits per heavy atom. The fourth-order valence-corrected chi connectivity index (χ4v) is 0.551. The second-order valence-electron chi connectivity index (χ2n) is 3.68. The molecule has 0 atom stereocenters. The van der Waals surface area contributed by atoms with Crippen molar-refractivity contribution < 1.29 is 0 Å². The zero-order valence-corrected chi connectivity index (χ0v) is 7.57. The molecule has 0 N–H and O–H groups in total. The standard InChI is InChI=1S/C10H18/c1-6-10(4,5)8-7-9(2)3/h6-7H,1,8H2,2-5H3. The Hall–Kier alpha value is -0.520. The summed E-state index contributed by atoms with van der Waals surface area (Å²) in [6, 6.07) is 0. The van der Waals surface area contributed by atoms with Crippen LogP contribution in [0.3, 0.4) is 0 Å². The molecule has 0 bridgehead atoms. The van der Waals surface area contributed by atoms with Gasteiger partial charge in [0.2, 0.25) is 0 Å². The van der Waals surface area contributed by atoms with Gasteiger partial charge in [0.15, 0.2) is 0 Å². The van der Waals surface area contributed by atoms with Crippen LogP contribution in [0.15, 0.2) is 24.3 Å². The molecule has 0 saturated carbocycles. The summed E-state index contributed by atoms with van der Waals surface area (Å²) in [7, 11) is 0. The molecule has 0 unspecified atom stereocenters. The molecule has 0 nitrogen and oxygen atoms in total. The van der Waals surface area contributed by atoms with E-state index < -0.39 is 0 Å². The van der Waals surface area contributed by atoms with E-state index in [-0.39, 0.29) is 5.41 Å². The number of rotatable bonds is 3. The van der Waals surface area contributed by atoms with Crippen molar-refractivity contribution in [1.82, 2.24) is 0 Å². The first-order valence-electron chi connectivity index (χ1n) is 3.75. The molecule has 0 spiro atoms. The van der Waals surface area contributed by atoms with E-state index in [2.05, 4.69) is 40.3 Å². The molecule has 0 radical (unpaired) electrons. The van der Waals surface area contributed by atoms with E-state index in [1.165, 1.54) is 5.57 Å². The van der Waals surface area contributed by atoms with Gasteiger partial charge >= 0.3 is 0 Å². The molecule has 0 aliphatic rings. The Kier molecular flexibility index (Phi) is 3.41. The molecule has 0 aromatic carbocycles. The van der Waals surface area contributed by atoms with Gasteiger partial charge in [-0.3, -0.25) is 0 Å². The van der Waals surface area contributed by atoms with Gasteiger partial charge in [-0.25, -0.2) is 0 Å². The van der Waals surface area contributed by atoms with E-state index in [1.54, 1.807) is 0 Å². The second kappa shape index (κ2) is 3.60. The summed E-state index contributed by atoms with van der Waals surface area (Å²) in [4.78, 5) is 0. The number of hydrogen-bond acceptors (Lipinski definition) is 0. The maximum Gasteiger partial charge on any atom is -0.0143 e. The molecule has 0 heteroatoms. The smallest absolute Gasteiger partial charge is 0.0143 e. The zero-order chi connectivity index (χ0) is 8.20. The fraction of sp³-hybridized carbons (Fsp3) is 0.600. The van der Waals surface area contributed by atoms with Gasteiger partial charge < -0.3 is 0 Å². The first-order chi connectivity index (χ1) is 4.48. The Bertz CT molecular complexity index is 134. The average molecular weight is 138 g/mol. The van der Waals surface area contributed by atoms with Gasteiger partial charge in [0.25, 0.3) is 0 Å². The Labute approximate surface area is 64.6 Å².